The predicted molar refractivity (Wildman–Crippen MR) is 48.7 cm³/mol. The zero-order valence-corrected chi connectivity index (χ0v) is 8.02. The summed E-state index contributed by atoms with van der Waals surface area (Å²) in [7, 11) is 3.23. The smallest absolute Gasteiger partial charge is 0.219 e. The van der Waals surface area contributed by atoms with E-state index in [-0.39, 0.29) is 5.91 Å². The van der Waals surface area contributed by atoms with Gasteiger partial charge in [0.25, 0.3) is 0 Å². The van der Waals surface area contributed by atoms with E-state index in [4.69, 9.17) is 4.79 Å². The summed E-state index contributed by atoms with van der Waals surface area (Å²) in [5.41, 5.74) is 0. The van der Waals surface area contributed by atoms with Gasteiger partial charge < -0.3 is 10.6 Å². The van der Waals surface area contributed by atoms with Gasteiger partial charge in [0.1, 0.15) is 0 Å². The molecule has 4 heteroatoms. The maximum absolute atomic E-state index is 10.5. The topological polar surface area (TPSA) is 58.2 Å². The average molecular weight is 174 g/mol. The monoisotopic (exact) mass is 174 g/mol. The summed E-state index contributed by atoms with van der Waals surface area (Å²) in [6, 6.07) is 0. The van der Waals surface area contributed by atoms with Gasteiger partial charge in [0, 0.05) is 20.5 Å². The van der Waals surface area contributed by atoms with E-state index in [1.807, 2.05) is 0 Å². The van der Waals surface area contributed by atoms with Crippen molar-refractivity contribution in [3.8, 4) is 0 Å². The molecule has 0 aliphatic heterocycles. The van der Waals surface area contributed by atoms with Crippen molar-refractivity contribution >= 4 is 12.3 Å². The van der Waals surface area contributed by atoms with E-state index in [0.29, 0.717) is 12.8 Å². The third-order valence-corrected chi connectivity index (χ3v) is 1.15. The van der Waals surface area contributed by atoms with E-state index < -0.39 is 0 Å². The van der Waals surface area contributed by atoms with Gasteiger partial charge in [-0.2, -0.15) is 0 Å². The minimum Gasteiger partial charge on any atom is -0.362 e. The van der Waals surface area contributed by atoms with Gasteiger partial charge in [0.2, 0.25) is 12.3 Å². The number of amides is 2. The fraction of sp³-hybridized carbons (Fsp3) is 0.750. The SMILES string of the molecule is CCCCC(=O)NC.CNC=O. The van der Waals surface area contributed by atoms with Crippen LogP contribution in [0.25, 0.3) is 0 Å². The lowest BCUT2D eigenvalue weighted by atomic mass is 10.2. The highest BCUT2D eigenvalue weighted by Crippen LogP contribution is 1.91. The maximum Gasteiger partial charge on any atom is 0.219 e. The minimum absolute atomic E-state index is 0.145. The fourth-order valence-electron chi connectivity index (χ4n) is 0.462. The number of carbonyl (C=O) groups excluding carboxylic acids is 2. The molecule has 0 unspecified atom stereocenters. The first-order chi connectivity index (χ1) is 5.72. The standard InChI is InChI=1S/C6H13NO.C2H5NO/c1-3-4-5-6(8)7-2;1-3-2-4/h3-5H2,1-2H3,(H,7,8);2H,1H3,(H,3,4). The summed E-state index contributed by atoms with van der Waals surface area (Å²) in [6.07, 6.45) is 3.39. The Hall–Kier alpha value is -1.06. The van der Waals surface area contributed by atoms with Crippen LogP contribution in [0.3, 0.4) is 0 Å². The highest BCUT2D eigenvalue weighted by Gasteiger charge is 1.92. The van der Waals surface area contributed by atoms with E-state index in [1.54, 1.807) is 14.1 Å². The summed E-state index contributed by atoms with van der Waals surface area (Å²) in [4.78, 5) is 19.5. The lowest BCUT2D eigenvalue weighted by Crippen LogP contribution is -2.16. The molecule has 0 fully saturated rings. The number of rotatable bonds is 4. The molecular weight excluding hydrogens is 156 g/mol. The molecule has 72 valence electrons. The molecule has 0 aliphatic carbocycles. The van der Waals surface area contributed by atoms with Crippen molar-refractivity contribution in [1.29, 1.82) is 0 Å². The van der Waals surface area contributed by atoms with Crippen molar-refractivity contribution in [2.45, 2.75) is 26.2 Å². The van der Waals surface area contributed by atoms with Crippen LogP contribution in [0.4, 0.5) is 0 Å². The number of hydrogen-bond acceptors (Lipinski definition) is 2. The Morgan fingerprint density at radius 3 is 2.17 bits per heavy atom. The van der Waals surface area contributed by atoms with Crippen LogP contribution in [0.1, 0.15) is 26.2 Å². The van der Waals surface area contributed by atoms with E-state index in [9.17, 15) is 4.79 Å². The first-order valence-electron chi connectivity index (χ1n) is 4.04. The number of carbonyl (C=O) groups is 2. The molecule has 0 saturated heterocycles. The molecule has 2 amide bonds. The highest BCUT2D eigenvalue weighted by molar-refractivity contribution is 5.75. The Morgan fingerprint density at radius 1 is 1.42 bits per heavy atom. The van der Waals surface area contributed by atoms with Gasteiger partial charge in [-0.15, -0.1) is 0 Å². The average Bonchev–Trinajstić information content (AvgIpc) is 2.14. The molecule has 2 N–H and O–H groups in total. The first-order valence-corrected chi connectivity index (χ1v) is 4.04. The molecule has 0 aromatic carbocycles. The second kappa shape index (κ2) is 12.6. The second-order valence-electron chi connectivity index (χ2n) is 2.18. The molecule has 0 aliphatic rings. The van der Waals surface area contributed by atoms with Crippen LogP contribution in [-0.4, -0.2) is 26.4 Å². The Balaban J connectivity index is 0. The number of hydrogen-bond donors (Lipinski definition) is 2. The lowest BCUT2D eigenvalue weighted by molar-refractivity contribution is -0.120. The third kappa shape index (κ3) is 16.0. The van der Waals surface area contributed by atoms with Crippen molar-refractivity contribution in [3.63, 3.8) is 0 Å². The van der Waals surface area contributed by atoms with Gasteiger partial charge in [0.05, 0.1) is 0 Å². The van der Waals surface area contributed by atoms with Gasteiger partial charge >= 0.3 is 0 Å². The van der Waals surface area contributed by atoms with Crippen LogP contribution in [0, 0.1) is 0 Å². The summed E-state index contributed by atoms with van der Waals surface area (Å²) >= 11 is 0. The quantitative estimate of drug-likeness (QED) is 0.602. The fourth-order valence-corrected chi connectivity index (χ4v) is 0.462. The zero-order chi connectivity index (χ0) is 9.82. The molecule has 0 spiro atoms. The van der Waals surface area contributed by atoms with E-state index in [1.165, 1.54) is 0 Å². The van der Waals surface area contributed by atoms with Crippen LogP contribution in [0.2, 0.25) is 0 Å². The van der Waals surface area contributed by atoms with Gasteiger partial charge in [-0.05, 0) is 6.42 Å². The molecule has 4 nitrogen and oxygen atoms in total. The summed E-state index contributed by atoms with van der Waals surface area (Å²) in [5, 5.41) is 4.81. The van der Waals surface area contributed by atoms with Crippen molar-refractivity contribution in [2.75, 3.05) is 14.1 Å². The van der Waals surface area contributed by atoms with Crippen molar-refractivity contribution in [2.24, 2.45) is 0 Å². The van der Waals surface area contributed by atoms with Crippen molar-refractivity contribution < 1.29 is 9.59 Å². The molecule has 0 atom stereocenters. The lowest BCUT2D eigenvalue weighted by Gasteiger charge is -1.94. The van der Waals surface area contributed by atoms with E-state index in [2.05, 4.69) is 17.6 Å². The predicted octanol–water partition coefficient (Wildman–Crippen LogP) is 0.285. The largest absolute Gasteiger partial charge is 0.362 e. The highest BCUT2D eigenvalue weighted by atomic mass is 16.1. The molecule has 0 saturated carbocycles. The summed E-state index contributed by atoms with van der Waals surface area (Å²) in [5.74, 6) is 0.145. The van der Waals surface area contributed by atoms with Crippen LogP contribution >= 0.6 is 0 Å². The normalized spacial score (nSPS) is 7.58. The van der Waals surface area contributed by atoms with Crippen LogP contribution < -0.4 is 10.6 Å². The van der Waals surface area contributed by atoms with E-state index >= 15 is 0 Å². The Morgan fingerprint density at radius 2 is 1.92 bits per heavy atom. The Kier molecular flexibility index (Phi) is 14.2. The molecule has 0 radical (unpaired) electrons. The Bertz CT molecular complexity index is 116. The molecule has 0 rings (SSSR count). The van der Waals surface area contributed by atoms with Crippen LogP contribution in [0.15, 0.2) is 0 Å². The molecule has 0 aromatic rings. The van der Waals surface area contributed by atoms with Gasteiger partial charge in [-0.3, -0.25) is 9.59 Å². The van der Waals surface area contributed by atoms with Gasteiger partial charge in [-0.1, -0.05) is 13.3 Å². The molecule has 0 heterocycles. The summed E-state index contributed by atoms with van der Waals surface area (Å²) in [6.45, 7) is 2.07. The second-order valence-corrected chi connectivity index (χ2v) is 2.18. The maximum atomic E-state index is 10.5. The van der Waals surface area contributed by atoms with Gasteiger partial charge in [0.15, 0.2) is 0 Å². The Labute approximate surface area is 73.7 Å². The van der Waals surface area contributed by atoms with Crippen LogP contribution in [-0.2, 0) is 9.59 Å². The zero-order valence-electron chi connectivity index (χ0n) is 8.02. The molecular formula is C8H18N2O2. The number of unbranched alkanes of at least 4 members (excludes halogenated alkanes) is 1. The van der Waals surface area contributed by atoms with Crippen molar-refractivity contribution in [3.05, 3.63) is 0 Å². The number of nitrogens with one attached hydrogen (secondary N) is 2. The molecule has 0 aromatic heterocycles. The molecule has 12 heavy (non-hydrogen) atoms. The minimum atomic E-state index is 0.145. The van der Waals surface area contributed by atoms with Crippen LogP contribution in [0.5, 0.6) is 0 Å². The van der Waals surface area contributed by atoms with Crippen molar-refractivity contribution in [1.82, 2.24) is 10.6 Å². The summed E-state index contributed by atoms with van der Waals surface area (Å²) < 4.78 is 0. The van der Waals surface area contributed by atoms with E-state index in [0.717, 1.165) is 12.8 Å². The first kappa shape index (κ1) is 13.5. The molecule has 0 bridgehead atoms. The van der Waals surface area contributed by atoms with Gasteiger partial charge in [-0.25, -0.2) is 0 Å². The third-order valence-electron chi connectivity index (χ3n) is 1.15.